The summed E-state index contributed by atoms with van der Waals surface area (Å²) in [7, 11) is 2.55. The maximum atomic E-state index is 13.0. The number of nitrogens with one attached hydrogen (secondary N) is 1. The van der Waals surface area contributed by atoms with E-state index in [1.165, 1.54) is 25.3 Å². The normalized spacial score (nSPS) is 12.3. The number of carbonyl (C=O) groups excluding carboxylic acids is 2. The van der Waals surface area contributed by atoms with E-state index in [1.54, 1.807) is 12.1 Å². The van der Waals surface area contributed by atoms with Gasteiger partial charge in [-0.2, -0.15) is 13.2 Å². The molecule has 0 saturated carbocycles. The van der Waals surface area contributed by atoms with Crippen molar-refractivity contribution in [2.75, 3.05) is 14.2 Å². The van der Waals surface area contributed by atoms with Crippen LogP contribution in [0, 0.1) is 0 Å². The van der Waals surface area contributed by atoms with Crippen molar-refractivity contribution in [2.24, 2.45) is 0 Å². The maximum absolute atomic E-state index is 13.0. The van der Waals surface area contributed by atoms with Gasteiger partial charge < -0.3 is 19.2 Å². The number of carbonyl (C=O) groups is 2. The van der Waals surface area contributed by atoms with Gasteiger partial charge in [0.15, 0.2) is 0 Å². The molecule has 2 aromatic carbocycles. The Labute approximate surface area is 179 Å². The van der Waals surface area contributed by atoms with Crippen molar-refractivity contribution < 1.29 is 36.7 Å². The van der Waals surface area contributed by atoms with Crippen molar-refractivity contribution in [3.63, 3.8) is 0 Å². The molecule has 0 aliphatic rings. The number of hydrogen-bond acceptors (Lipinski definition) is 6. The molecule has 1 aromatic heterocycles. The third kappa shape index (κ3) is 5.08. The van der Waals surface area contributed by atoms with E-state index >= 15 is 0 Å². The van der Waals surface area contributed by atoms with Gasteiger partial charge in [-0.25, -0.2) is 9.59 Å². The van der Waals surface area contributed by atoms with Crippen LogP contribution in [0.3, 0.4) is 0 Å². The summed E-state index contributed by atoms with van der Waals surface area (Å²) in [5.74, 6) is -1.29. The second-order valence-corrected chi connectivity index (χ2v) is 6.78. The number of rotatable bonds is 6. The van der Waals surface area contributed by atoms with Crippen LogP contribution in [-0.2, 0) is 22.1 Å². The lowest BCUT2D eigenvalue weighted by Gasteiger charge is -2.18. The molecule has 1 atom stereocenters. The summed E-state index contributed by atoms with van der Waals surface area (Å²) < 4.78 is 53.8. The number of methoxy groups -OCH3 is 2. The summed E-state index contributed by atoms with van der Waals surface area (Å²) in [5, 5.41) is 2.87. The second-order valence-electron chi connectivity index (χ2n) is 6.78. The second kappa shape index (κ2) is 9.13. The van der Waals surface area contributed by atoms with E-state index in [0.29, 0.717) is 22.8 Å². The average molecular weight is 449 g/mol. The van der Waals surface area contributed by atoms with Gasteiger partial charge in [0.1, 0.15) is 17.4 Å². The zero-order valence-corrected chi connectivity index (χ0v) is 17.0. The van der Waals surface area contributed by atoms with Gasteiger partial charge >= 0.3 is 17.8 Å². The van der Waals surface area contributed by atoms with Crippen LogP contribution in [-0.4, -0.2) is 32.1 Å². The van der Waals surface area contributed by atoms with Gasteiger partial charge in [0.05, 0.1) is 19.8 Å². The van der Waals surface area contributed by atoms with Gasteiger partial charge in [0.25, 0.3) is 5.91 Å². The fourth-order valence-electron chi connectivity index (χ4n) is 3.14. The average Bonchev–Trinajstić information content (AvgIpc) is 2.76. The van der Waals surface area contributed by atoms with Gasteiger partial charge in [0.2, 0.25) is 0 Å². The molecule has 3 aromatic rings. The monoisotopic (exact) mass is 449 g/mol. The number of fused-ring (bicyclic) bond motifs is 1. The number of benzene rings is 2. The van der Waals surface area contributed by atoms with Crippen LogP contribution < -0.4 is 15.7 Å². The Balaban J connectivity index is 1.93. The van der Waals surface area contributed by atoms with E-state index in [9.17, 15) is 27.6 Å². The topological polar surface area (TPSA) is 94.8 Å². The highest BCUT2D eigenvalue weighted by molar-refractivity contribution is 5.97. The highest BCUT2D eigenvalue weighted by atomic mass is 19.4. The van der Waals surface area contributed by atoms with Crippen LogP contribution in [0.5, 0.6) is 5.75 Å². The highest BCUT2D eigenvalue weighted by Crippen LogP contribution is 2.29. The third-order valence-corrected chi connectivity index (χ3v) is 4.70. The predicted octanol–water partition coefficient (Wildman–Crippen LogP) is 3.33. The first-order valence-corrected chi connectivity index (χ1v) is 9.29. The summed E-state index contributed by atoms with van der Waals surface area (Å²) >= 11 is 0. The number of hydrogen-bond donors (Lipinski definition) is 1. The molecule has 0 aliphatic heterocycles. The zero-order chi connectivity index (χ0) is 23.5. The Hall–Kier alpha value is -3.82. The van der Waals surface area contributed by atoms with E-state index in [4.69, 9.17) is 13.9 Å². The Morgan fingerprint density at radius 3 is 2.50 bits per heavy atom. The third-order valence-electron chi connectivity index (χ3n) is 4.70. The first-order valence-electron chi connectivity index (χ1n) is 9.29. The van der Waals surface area contributed by atoms with E-state index in [-0.39, 0.29) is 17.6 Å². The summed E-state index contributed by atoms with van der Waals surface area (Å²) in [4.78, 5) is 36.9. The molecule has 0 spiro atoms. The summed E-state index contributed by atoms with van der Waals surface area (Å²) in [6.45, 7) is 0. The van der Waals surface area contributed by atoms with Crippen molar-refractivity contribution in [2.45, 2.75) is 18.6 Å². The van der Waals surface area contributed by atoms with E-state index in [2.05, 4.69) is 5.32 Å². The van der Waals surface area contributed by atoms with Crippen molar-refractivity contribution in [1.82, 2.24) is 5.32 Å². The number of alkyl halides is 3. The number of ether oxygens (including phenoxy) is 2. The molecule has 0 bridgehead atoms. The SMILES string of the molecule is COC(=O)[C@H](Cc1cc(=O)oc2cc(OC)ccc12)NC(=O)c1cccc(C(F)(F)F)c1. The molecule has 10 heteroatoms. The maximum Gasteiger partial charge on any atom is 0.416 e. The minimum absolute atomic E-state index is 0.161. The molecule has 32 heavy (non-hydrogen) atoms. The molecule has 1 N–H and O–H groups in total. The largest absolute Gasteiger partial charge is 0.497 e. The smallest absolute Gasteiger partial charge is 0.416 e. The van der Waals surface area contributed by atoms with Crippen LogP contribution in [0.2, 0.25) is 0 Å². The Bertz CT molecular complexity index is 1220. The van der Waals surface area contributed by atoms with Crippen molar-refractivity contribution in [3.8, 4) is 5.75 Å². The molecule has 1 heterocycles. The Kier molecular flexibility index (Phi) is 6.52. The first-order chi connectivity index (χ1) is 15.1. The lowest BCUT2D eigenvalue weighted by Crippen LogP contribution is -2.43. The number of halogens is 3. The summed E-state index contributed by atoms with van der Waals surface area (Å²) in [6, 6.07) is 8.44. The fourth-order valence-corrected chi connectivity index (χ4v) is 3.14. The van der Waals surface area contributed by atoms with Gasteiger partial charge in [-0.1, -0.05) is 6.07 Å². The van der Waals surface area contributed by atoms with E-state index in [1.807, 2.05) is 0 Å². The molecule has 0 radical (unpaired) electrons. The molecule has 0 saturated heterocycles. The van der Waals surface area contributed by atoms with Gasteiger partial charge in [-0.3, -0.25) is 4.79 Å². The van der Waals surface area contributed by atoms with E-state index < -0.39 is 35.3 Å². The lowest BCUT2D eigenvalue weighted by atomic mass is 10.0. The summed E-state index contributed by atoms with van der Waals surface area (Å²) in [5.41, 5.74) is -1.39. The quantitative estimate of drug-likeness (QED) is 0.458. The van der Waals surface area contributed by atoms with Gasteiger partial charge in [-0.05, 0) is 35.9 Å². The minimum Gasteiger partial charge on any atom is -0.497 e. The summed E-state index contributed by atoms with van der Waals surface area (Å²) in [6.07, 6.45) is -4.79. The van der Waals surface area contributed by atoms with Crippen molar-refractivity contribution in [1.29, 1.82) is 0 Å². The molecule has 168 valence electrons. The molecule has 0 fully saturated rings. The standard InChI is InChI=1S/C22H18F3NO6/c1-30-15-6-7-16-13(10-19(27)32-18(16)11-15)9-17(21(29)31-2)26-20(28)12-4-3-5-14(8-12)22(23,24)25/h3-8,10-11,17H,9H2,1-2H3,(H,26,28)/t17-/m0/s1. The van der Waals surface area contributed by atoms with Crippen molar-refractivity contribution in [3.05, 3.63) is 75.6 Å². The lowest BCUT2D eigenvalue weighted by molar-refractivity contribution is -0.143. The molecule has 3 rings (SSSR count). The van der Waals surface area contributed by atoms with Gasteiger partial charge in [-0.15, -0.1) is 0 Å². The highest BCUT2D eigenvalue weighted by Gasteiger charge is 2.31. The Morgan fingerprint density at radius 1 is 1.09 bits per heavy atom. The Morgan fingerprint density at radius 2 is 1.84 bits per heavy atom. The number of amides is 1. The van der Waals surface area contributed by atoms with Crippen LogP contribution in [0.1, 0.15) is 21.5 Å². The van der Waals surface area contributed by atoms with Crippen LogP contribution in [0.4, 0.5) is 13.2 Å². The molecule has 0 unspecified atom stereocenters. The molecular formula is C22H18F3NO6. The van der Waals surface area contributed by atoms with E-state index in [0.717, 1.165) is 19.2 Å². The predicted molar refractivity (Wildman–Crippen MR) is 107 cm³/mol. The fraction of sp³-hybridized carbons (Fsp3) is 0.227. The molecule has 7 nitrogen and oxygen atoms in total. The zero-order valence-electron chi connectivity index (χ0n) is 17.0. The minimum atomic E-state index is -4.63. The molecule has 1 amide bonds. The first kappa shape index (κ1) is 22.9. The van der Waals surface area contributed by atoms with Gasteiger partial charge in [0, 0.05) is 29.5 Å². The van der Waals surface area contributed by atoms with Crippen LogP contribution in [0.25, 0.3) is 11.0 Å². The van der Waals surface area contributed by atoms with Crippen molar-refractivity contribution >= 4 is 22.8 Å². The van der Waals surface area contributed by atoms with Crippen LogP contribution in [0.15, 0.2) is 57.7 Å². The molecular weight excluding hydrogens is 431 g/mol. The number of esters is 1. The van der Waals surface area contributed by atoms with Crippen LogP contribution >= 0.6 is 0 Å². The molecule has 0 aliphatic carbocycles.